The van der Waals surface area contributed by atoms with Gasteiger partial charge in [0.1, 0.15) is 17.8 Å². The number of ether oxygens (including phenoxy) is 1. The molecule has 0 saturated carbocycles. The summed E-state index contributed by atoms with van der Waals surface area (Å²) in [5.41, 5.74) is -0.946. The molecule has 1 amide bonds. The first-order chi connectivity index (χ1) is 9.61. The van der Waals surface area contributed by atoms with Crippen LogP contribution in [-0.4, -0.2) is 39.7 Å². The maximum absolute atomic E-state index is 13.6. The van der Waals surface area contributed by atoms with Gasteiger partial charge in [-0.2, -0.15) is 0 Å². The van der Waals surface area contributed by atoms with Crippen molar-refractivity contribution in [3.8, 4) is 5.75 Å². The van der Waals surface area contributed by atoms with E-state index in [1.165, 1.54) is 12.1 Å². The number of nitrogens with one attached hydrogen (secondary N) is 1. The number of aliphatic hydroxyl groups is 2. The van der Waals surface area contributed by atoms with E-state index in [2.05, 4.69) is 5.32 Å². The smallest absolute Gasteiger partial charge is 0.407 e. The van der Waals surface area contributed by atoms with Gasteiger partial charge in [0.2, 0.25) is 0 Å². The number of hydrogen-bond donors (Lipinski definition) is 4. The van der Waals surface area contributed by atoms with E-state index in [1.807, 2.05) is 0 Å². The maximum atomic E-state index is 13.6. The maximum Gasteiger partial charge on any atom is 0.407 e. The van der Waals surface area contributed by atoms with E-state index in [4.69, 9.17) is 4.74 Å². The summed E-state index contributed by atoms with van der Waals surface area (Å²) in [6.07, 6.45) is -3.80. The molecule has 0 aliphatic carbocycles. The zero-order valence-corrected chi connectivity index (χ0v) is 12.1. The number of halogens is 1. The molecule has 0 aliphatic rings. The van der Waals surface area contributed by atoms with Crippen LogP contribution in [0.5, 0.6) is 5.75 Å². The first-order valence-electron chi connectivity index (χ1n) is 6.42. The molecule has 1 aromatic rings. The molecule has 0 spiro atoms. The summed E-state index contributed by atoms with van der Waals surface area (Å²) in [4.78, 5) is 11.4. The second-order valence-corrected chi connectivity index (χ2v) is 5.58. The van der Waals surface area contributed by atoms with Gasteiger partial charge in [-0.3, -0.25) is 0 Å². The van der Waals surface area contributed by atoms with Gasteiger partial charge in [-0.05, 0) is 26.8 Å². The largest absolute Gasteiger partial charge is 0.505 e. The summed E-state index contributed by atoms with van der Waals surface area (Å²) in [5, 5.41) is 31.1. The Morgan fingerprint density at radius 2 is 2.00 bits per heavy atom. The Hall–Kier alpha value is -1.86. The molecule has 4 N–H and O–H groups in total. The average molecular weight is 301 g/mol. The van der Waals surface area contributed by atoms with Gasteiger partial charge < -0.3 is 25.4 Å². The molecule has 2 unspecified atom stereocenters. The molecule has 1 rings (SSSR count). The highest BCUT2D eigenvalue weighted by Gasteiger charge is 2.24. The van der Waals surface area contributed by atoms with Gasteiger partial charge in [0.05, 0.1) is 0 Å². The number of carbonyl (C=O) groups excluding carboxylic acids is 1. The monoisotopic (exact) mass is 301 g/mol. The molecule has 0 aromatic heterocycles. The van der Waals surface area contributed by atoms with Gasteiger partial charge >= 0.3 is 6.09 Å². The SMILES string of the molecule is CC(C)(C)OC(=O)NCC(O)C(O)c1cccc(O)c1F. The van der Waals surface area contributed by atoms with E-state index in [-0.39, 0.29) is 12.1 Å². The van der Waals surface area contributed by atoms with Gasteiger partial charge in [0.15, 0.2) is 11.6 Å². The van der Waals surface area contributed by atoms with Crippen LogP contribution in [0.3, 0.4) is 0 Å². The second kappa shape index (κ2) is 6.73. The molecule has 0 radical (unpaired) electrons. The number of hydrogen-bond acceptors (Lipinski definition) is 5. The lowest BCUT2D eigenvalue weighted by atomic mass is 10.0. The Kier molecular flexibility index (Phi) is 5.51. The number of aliphatic hydroxyl groups excluding tert-OH is 2. The molecule has 6 nitrogen and oxygen atoms in total. The summed E-state index contributed by atoms with van der Waals surface area (Å²) in [5.74, 6) is -1.64. The Morgan fingerprint density at radius 3 is 2.57 bits per heavy atom. The third-order valence-corrected chi connectivity index (χ3v) is 2.55. The van der Waals surface area contributed by atoms with Gasteiger partial charge in [-0.15, -0.1) is 0 Å². The van der Waals surface area contributed by atoms with Crippen LogP contribution in [0.1, 0.15) is 32.4 Å². The van der Waals surface area contributed by atoms with Crippen LogP contribution in [0.4, 0.5) is 9.18 Å². The summed E-state index contributed by atoms with van der Waals surface area (Å²) in [6.45, 7) is 4.71. The third-order valence-electron chi connectivity index (χ3n) is 2.55. The fraction of sp³-hybridized carbons (Fsp3) is 0.500. The Labute approximate surface area is 122 Å². The highest BCUT2D eigenvalue weighted by Crippen LogP contribution is 2.25. The van der Waals surface area contributed by atoms with Gasteiger partial charge in [-0.1, -0.05) is 12.1 Å². The zero-order chi connectivity index (χ0) is 16.2. The number of rotatable bonds is 4. The lowest BCUT2D eigenvalue weighted by Crippen LogP contribution is -2.39. The minimum absolute atomic E-state index is 0.256. The number of amides is 1. The molecule has 1 aromatic carbocycles. The summed E-state index contributed by atoms with van der Waals surface area (Å²) in [7, 11) is 0. The normalized spacial score (nSPS) is 14.4. The molecule has 2 atom stereocenters. The number of alkyl carbamates (subject to hydrolysis) is 1. The van der Waals surface area contributed by atoms with Crippen LogP contribution >= 0.6 is 0 Å². The molecule has 0 bridgehead atoms. The fourth-order valence-corrected chi connectivity index (χ4v) is 1.59. The van der Waals surface area contributed by atoms with E-state index >= 15 is 0 Å². The van der Waals surface area contributed by atoms with Crippen LogP contribution in [-0.2, 0) is 4.74 Å². The number of phenolic OH excluding ortho intramolecular Hbond substituents is 1. The van der Waals surface area contributed by atoms with Crippen molar-refractivity contribution in [3.05, 3.63) is 29.6 Å². The second-order valence-electron chi connectivity index (χ2n) is 5.58. The number of benzene rings is 1. The quantitative estimate of drug-likeness (QED) is 0.674. The lowest BCUT2D eigenvalue weighted by molar-refractivity contribution is 0.0111. The zero-order valence-electron chi connectivity index (χ0n) is 12.1. The highest BCUT2D eigenvalue weighted by atomic mass is 19.1. The lowest BCUT2D eigenvalue weighted by Gasteiger charge is -2.22. The molecule has 0 fully saturated rings. The molecular formula is C14H20FNO5. The predicted molar refractivity (Wildman–Crippen MR) is 73.3 cm³/mol. The Balaban J connectivity index is 2.61. The Morgan fingerprint density at radius 1 is 1.38 bits per heavy atom. The number of aromatic hydroxyl groups is 1. The molecule has 7 heteroatoms. The molecule has 0 aliphatic heterocycles. The van der Waals surface area contributed by atoms with Gasteiger partial charge in [0.25, 0.3) is 0 Å². The molecule has 118 valence electrons. The van der Waals surface area contributed by atoms with Crippen molar-refractivity contribution >= 4 is 6.09 Å². The summed E-state index contributed by atoms with van der Waals surface area (Å²) in [6, 6.07) is 3.69. The number of carbonyl (C=O) groups is 1. The van der Waals surface area contributed by atoms with Gasteiger partial charge in [0, 0.05) is 12.1 Å². The van der Waals surface area contributed by atoms with Crippen molar-refractivity contribution in [1.82, 2.24) is 5.32 Å². The minimum atomic E-state index is -1.59. The minimum Gasteiger partial charge on any atom is -0.505 e. The van der Waals surface area contributed by atoms with Gasteiger partial charge in [-0.25, -0.2) is 9.18 Å². The van der Waals surface area contributed by atoms with E-state index in [0.29, 0.717) is 0 Å². The van der Waals surface area contributed by atoms with Crippen LogP contribution in [0, 0.1) is 5.82 Å². The van der Waals surface area contributed by atoms with Crippen molar-refractivity contribution in [2.45, 2.75) is 38.6 Å². The van der Waals surface area contributed by atoms with E-state index in [1.54, 1.807) is 20.8 Å². The number of phenols is 1. The van der Waals surface area contributed by atoms with E-state index < -0.39 is 35.5 Å². The first-order valence-corrected chi connectivity index (χ1v) is 6.42. The van der Waals surface area contributed by atoms with E-state index in [9.17, 15) is 24.5 Å². The predicted octanol–water partition coefficient (Wildman–Crippen LogP) is 1.45. The van der Waals surface area contributed by atoms with Crippen LogP contribution in [0.15, 0.2) is 18.2 Å². The van der Waals surface area contributed by atoms with Crippen LogP contribution in [0.25, 0.3) is 0 Å². The fourth-order valence-electron chi connectivity index (χ4n) is 1.59. The molecule has 21 heavy (non-hydrogen) atoms. The molecular weight excluding hydrogens is 281 g/mol. The Bertz CT molecular complexity index is 501. The van der Waals surface area contributed by atoms with Crippen molar-refractivity contribution < 1.29 is 29.2 Å². The van der Waals surface area contributed by atoms with E-state index in [0.717, 1.165) is 6.07 Å². The highest BCUT2D eigenvalue weighted by molar-refractivity contribution is 5.67. The summed E-state index contributed by atoms with van der Waals surface area (Å²) < 4.78 is 18.6. The van der Waals surface area contributed by atoms with Crippen molar-refractivity contribution in [3.63, 3.8) is 0 Å². The first kappa shape index (κ1) is 17.2. The topological polar surface area (TPSA) is 99.0 Å². The van der Waals surface area contributed by atoms with Crippen LogP contribution in [0.2, 0.25) is 0 Å². The third kappa shape index (κ3) is 5.20. The van der Waals surface area contributed by atoms with Crippen molar-refractivity contribution in [1.29, 1.82) is 0 Å². The van der Waals surface area contributed by atoms with Crippen molar-refractivity contribution in [2.24, 2.45) is 0 Å². The van der Waals surface area contributed by atoms with Crippen molar-refractivity contribution in [2.75, 3.05) is 6.54 Å². The molecule has 0 saturated heterocycles. The molecule has 0 heterocycles. The summed E-state index contributed by atoms with van der Waals surface area (Å²) >= 11 is 0. The average Bonchev–Trinajstić information content (AvgIpc) is 2.36. The van der Waals surface area contributed by atoms with Crippen LogP contribution < -0.4 is 5.32 Å². The standard InChI is InChI=1S/C14H20FNO5/c1-14(2,3)21-13(20)16-7-10(18)12(19)8-5-4-6-9(17)11(8)15/h4-6,10,12,17-19H,7H2,1-3H3,(H,16,20).